The first kappa shape index (κ1) is 18.4. The molecule has 0 bridgehead atoms. The Balaban J connectivity index is 2.17. The van der Waals surface area contributed by atoms with Crippen molar-refractivity contribution in [3.63, 3.8) is 0 Å². The van der Waals surface area contributed by atoms with E-state index in [-0.39, 0.29) is 21.8 Å². The van der Waals surface area contributed by atoms with Crippen LogP contribution in [-0.4, -0.2) is 32.4 Å². The third kappa shape index (κ3) is 4.14. The normalized spacial score (nSPS) is 11.0. The molecule has 0 heterocycles. The van der Waals surface area contributed by atoms with Gasteiger partial charge < -0.3 is 5.11 Å². The van der Waals surface area contributed by atoms with Gasteiger partial charge in [0.2, 0.25) is 10.0 Å². The Morgan fingerprint density at radius 2 is 1.56 bits per heavy atom. The first-order chi connectivity index (χ1) is 11.8. The summed E-state index contributed by atoms with van der Waals surface area (Å²) in [5.74, 6) is -1.62. The summed E-state index contributed by atoms with van der Waals surface area (Å²) in [7, 11) is -2.44. The first-order valence-corrected chi connectivity index (χ1v) is 8.67. The molecule has 132 valence electrons. The smallest absolute Gasteiger partial charge is 0.273 e. The third-order valence-corrected chi connectivity index (χ3v) is 4.88. The molecule has 0 atom stereocenters. The van der Waals surface area contributed by atoms with E-state index >= 15 is 0 Å². The van der Waals surface area contributed by atoms with E-state index in [0.29, 0.717) is 5.56 Å². The number of carbonyl (C=O) groups is 2. The molecule has 0 radical (unpaired) electrons. The lowest BCUT2D eigenvalue weighted by Gasteiger charge is -2.11. The van der Waals surface area contributed by atoms with Gasteiger partial charge in [-0.15, -0.1) is 0 Å². The first-order valence-electron chi connectivity index (χ1n) is 7.19. The minimum absolute atomic E-state index is 0.00830. The molecule has 0 spiro atoms. The highest BCUT2D eigenvalue weighted by Gasteiger charge is 2.17. The van der Waals surface area contributed by atoms with E-state index in [1.807, 2.05) is 0 Å². The second-order valence-corrected chi connectivity index (χ2v) is 7.00. The van der Waals surface area contributed by atoms with E-state index in [0.717, 1.165) is 0 Å². The molecule has 0 aliphatic rings. The number of phenols is 1. The minimum atomic E-state index is -3.70. The maximum atomic E-state index is 12.3. The number of aryl methyl sites for hydroxylation is 1. The number of phenolic OH excluding ortho intramolecular Hbond substituents is 1. The summed E-state index contributed by atoms with van der Waals surface area (Å²) in [6.07, 6.45) is 0. The Morgan fingerprint density at radius 3 is 2.16 bits per heavy atom. The Morgan fingerprint density at radius 1 is 0.960 bits per heavy atom. The topological polar surface area (TPSA) is 125 Å². The molecular formula is C16H17N3O5S. The number of benzene rings is 2. The second-order valence-electron chi connectivity index (χ2n) is 5.11. The Bertz CT molecular complexity index is 925. The largest absolute Gasteiger partial charge is 0.507 e. The van der Waals surface area contributed by atoms with Gasteiger partial charge in [0, 0.05) is 5.56 Å². The van der Waals surface area contributed by atoms with Crippen molar-refractivity contribution in [1.82, 2.24) is 15.6 Å². The molecular weight excluding hydrogens is 346 g/mol. The maximum absolute atomic E-state index is 12.3. The van der Waals surface area contributed by atoms with Crippen LogP contribution in [0.25, 0.3) is 0 Å². The number of carbonyl (C=O) groups excluding carboxylic acids is 2. The van der Waals surface area contributed by atoms with Gasteiger partial charge in [-0.25, -0.2) is 13.1 Å². The molecule has 0 fully saturated rings. The highest BCUT2D eigenvalue weighted by Crippen LogP contribution is 2.16. The average molecular weight is 363 g/mol. The Kier molecular flexibility index (Phi) is 5.40. The molecule has 0 saturated heterocycles. The number of aromatic hydroxyl groups is 1. The number of hydrazine groups is 1. The summed E-state index contributed by atoms with van der Waals surface area (Å²) in [5, 5.41) is 9.61. The average Bonchev–Trinajstić information content (AvgIpc) is 2.60. The summed E-state index contributed by atoms with van der Waals surface area (Å²) < 4.78 is 25.8. The van der Waals surface area contributed by atoms with Gasteiger partial charge in [0.05, 0.1) is 10.5 Å². The molecule has 25 heavy (non-hydrogen) atoms. The molecule has 8 nitrogen and oxygen atoms in total. The lowest BCUT2D eigenvalue weighted by Crippen LogP contribution is -2.42. The van der Waals surface area contributed by atoms with E-state index in [9.17, 15) is 23.1 Å². The van der Waals surface area contributed by atoms with Gasteiger partial charge >= 0.3 is 0 Å². The monoisotopic (exact) mass is 363 g/mol. The molecule has 4 N–H and O–H groups in total. The predicted octanol–water partition coefficient (Wildman–Crippen LogP) is 0.684. The highest BCUT2D eigenvalue weighted by molar-refractivity contribution is 7.89. The van der Waals surface area contributed by atoms with Crippen molar-refractivity contribution in [3.8, 4) is 5.75 Å². The maximum Gasteiger partial charge on any atom is 0.273 e. The second kappa shape index (κ2) is 7.32. The number of hydrogen-bond donors (Lipinski definition) is 4. The summed E-state index contributed by atoms with van der Waals surface area (Å²) >= 11 is 0. The van der Waals surface area contributed by atoms with Crippen LogP contribution < -0.4 is 15.6 Å². The lowest BCUT2D eigenvalue weighted by atomic mass is 10.1. The zero-order chi connectivity index (χ0) is 18.6. The van der Waals surface area contributed by atoms with Crippen molar-refractivity contribution in [2.24, 2.45) is 0 Å². The Hall–Kier alpha value is -2.91. The summed E-state index contributed by atoms with van der Waals surface area (Å²) in [6, 6.07) is 9.93. The van der Waals surface area contributed by atoms with E-state index in [4.69, 9.17) is 0 Å². The van der Waals surface area contributed by atoms with Gasteiger partial charge in [0.25, 0.3) is 11.8 Å². The summed E-state index contributed by atoms with van der Waals surface area (Å²) in [6.45, 7) is 1.63. The lowest BCUT2D eigenvalue weighted by molar-refractivity contribution is 0.0844. The van der Waals surface area contributed by atoms with Crippen LogP contribution in [0.5, 0.6) is 5.75 Å². The standard InChI is InChI=1S/C16H17N3O5S/c1-10-7-8-11(25(23,24)17-2)9-13(10)16(22)19-18-15(21)12-5-3-4-6-14(12)20/h3-9,17,20H,1-2H3,(H,18,21)(H,19,22). The van der Waals surface area contributed by atoms with Gasteiger partial charge in [0.1, 0.15) is 5.75 Å². The van der Waals surface area contributed by atoms with Crippen LogP contribution in [0.4, 0.5) is 0 Å². The molecule has 2 aromatic rings. The van der Waals surface area contributed by atoms with Crippen molar-refractivity contribution in [2.45, 2.75) is 11.8 Å². The predicted molar refractivity (Wildman–Crippen MR) is 90.5 cm³/mol. The minimum Gasteiger partial charge on any atom is -0.507 e. The number of sulfonamides is 1. The molecule has 0 aromatic heterocycles. The number of amides is 2. The molecule has 0 unspecified atom stereocenters. The fraction of sp³-hybridized carbons (Fsp3) is 0.125. The molecule has 2 rings (SSSR count). The van der Waals surface area contributed by atoms with Gasteiger partial charge in [0.15, 0.2) is 0 Å². The highest BCUT2D eigenvalue weighted by atomic mass is 32.2. The summed E-state index contributed by atoms with van der Waals surface area (Å²) in [5.41, 5.74) is 4.99. The SMILES string of the molecule is CNS(=O)(=O)c1ccc(C)c(C(=O)NNC(=O)c2ccccc2O)c1. The Labute approximate surface area is 144 Å². The summed E-state index contributed by atoms with van der Waals surface area (Å²) in [4.78, 5) is 24.1. The van der Waals surface area contributed by atoms with Crippen LogP contribution in [0.1, 0.15) is 26.3 Å². The number of hydrogen-bond acceptors (Lipinski definition) is 5. The number of para-hydroxylation sites is 1. The van der Waals surface area contributed by atoms with Crippen LogP contribution >= 0.6 is 0 Å². The van der Waals surface area contributed by atoms with Crippen LogP contribution in [0.2, 0.25) is 0 Å². The molecule has 0 aliphatic heterocycles. The quantitative estimate of drug-likeness (QED) is 0.595. The van der Waals surface area contributed by atoms with Crippen LogP contribution in [0.15, 0.2) is 47.4 Å². The number of rotatable bonds is 4. The fourth-order valence-corrected chi connectivity index (χ4v) is 2.80. The molecule has 9 heteroatoms. The molecule has 0 saturated carbocycles. The third-order valence-electron chi connectivity index (χ3n) is 3.47. The molecule has 2 aromatic carbocycles. The van der Waals surface area contributed by atoms with Gasteiger partial charge in [-0.1, -0.05) is 18.2 Å². The van der Waals surface area contributed by atoms with E-state index < -0.39 is 21.8 Å². The van der Waals surface area contributed by atoms with Crippen molar-refractivity contribution in [1.29, 1.82) is 0 Å². The van der Waals surface area contributed by atoms with Crippen molar-refractivity contribution >= 4 is 21.8 Å². The van der Waals surface area contributed by atoms with Gasteiger partial charge in [-0.05, 0) is 43.8 Å². The van der Waals surface area contributed by atoms with Crippen LogP contribution in [-0.2, 0) is 10.0 Å². The fourth-order valence-electron chi connectivity index (χ4n) is 2.04. The number of nitrogens with one attached hydrogen (secondary N) is 3. The van der Waals surface area contributed by atoms with Crippen LogP contribution in [0.3, 0.4) is 0 Å². The zero-order valence-electron chi connectivity index (χ0n) is 13.5. The van der Waals surface area contributed by atoms with Crippen molar-refractivity contribution in [2.75, 3.05) is 7.05 Å². The van der Waals surface area contributed by atoms with Crippen molar-refractivity contribution < 1.29 is 23.1 Å². The molecule has 0 aliphatic carbocycles. The van der Waals surface area contributed by atoms with Gasteiger partial charge in [-0.3, -0.25) is 20.4 Å². The van der Waals surface area contributed by atoms with E-state index in [2.05, 4.69) is 15.6 Å². The van der Waals surface area contributed by atoms with Crippen molar-refractivity contribution in [3.05, 3.63) is 59.2 Å². The van der Waals surface area contributed by atoms with E-state index in [1.165, 1.54) is 37.4 Å². The van der Waals surface area contributed by atoms with Crippen LogP contribution in [0, 0.1) is 6.92 Å². The molecule has 2 amide bonds. The zero-order valence-corrected chi connectivity index (χ0v) is 14.3. The van der Waals surface area contributed by atoms with E-state index in [1.54, 1.807) is 19.1 Å². The van der Waals surface area contributed by atoms with Gasteiger partial charge in [-0.2, -0.15) is 0 Å².